The number of likely N-dealkylation sites (tertiary alicyclic amines) is 1. The largest absolute Gasteiger partial charge is 0.372 e. The van der Waals surface area contributed by atoms with Gasteiger partial charge in [-0.05, 0) is 80.1 Å². The molecule has 0 radical (unpaired) electrons. The molecule has 2 heterocycles. The van der Waals surface area contributed by atoms with Gasteiger partial charge in [0.25, 0.3) is 11.8 Å². The van der Waals surface area contributed by atoms with Crippen LogP contribution in [-0.2, 0) is 0 Å². The van der Waals surface area contributed by atoms with Gasteiger partial charge in [-0.3, -0.25) is 9.59 Å². The van der Waals surface area contributed by atoms with E-state index >= 15 is 0 Å². The lowest BCUT2D eigenvalue weighted by atomic mass is 9.99. The first kappa shape index (κ1) is 19.5. The van der Waals surface area contributed by atoms with E-state index in [1.165, 1.54) is 24.9 Å². The maximum absolute atomic E-state index is 12.7. The third-order valence-corrected chi connectivity index (χ3v) is 5.93. The van der Waals surface area contributed by atoms with E-state index in [-0.39, 0.29) is 11.8 Å². The predicted molar refractivity (Wildman–Crippen MR) is 117 cm³/mol. The van der Waals surface area contributed by atoms with Crippen molar-refractivity contribution < 1.29 is 9.59 Å². The number of carbonyl (C=O) groups excluding carboxylic acids is 2. The van der Waals surface area contributed by atoms with Crippen molar-refractivity contribution >= 4 is 23.2 Å². The number of carbonyl (C=O) groups is 2. The van der Waals surface area contributed by atoms with Gasteiger partial charge < -0.3 is 15.1 Å². The second kappa shape index (κ2) is 8.68. The minimum absolute atomic E-state index is 0.0565. The van der Waals surface area contributed by atoms with Crippen LogP contribution in [0.5, 0.6) is 0 Å². The van der Waals surface area contributed by atoms with E-state index in [2.05, 4.69) is 29.3 Å². The van der Waals surface area contributed by atoms with Crippen molar-refractivity contribution in [3.8, 4) is 0 Å². The normalized spacial score (nSPS) is 19.3. The van der Waals surface area contributed by atoms with Crippen LogP contribution in [0.4, 0.5) is 11.4 Å². The molecule has 5 nitrogen and oxygen atoms in total. The summed E-state index contributed by atoms with van der Waals surface area (Å²) in [5, 5.41) is 2.94. The van der Waals surface area contributed by atoms with Crippen molar-refractivity contribution in [1.82, 2.24) is 4.90 Å². The molecule has 2 aliphatic heterocycles. The standard InChI is InChI=1S/C24H29N3O2/c1-18-5-4-16-27(17-18)24(29)20-8-6-19(7-9-20)23(28)25-21-10-12-22(13-11-21)26-14-2-3-15-26/h6-13,18H,2-5,14-17H2,1H3,(H,25,28). The summed E-state index contributed by atoms with van der Waals surface area (Å²) in [6, 6.07) is 15.0. The second-order valence-corrected chi connectivity index (χ2v) is 8.27. The second-order valence-electron chi connectivity index (χ2n) is 8.27. The van der Waals surface area contributed by atoms with Crippen molar-refractivity contribution in [3.63, 3.8) is 0 Å². The number of piperidine rings is 1. The van der Waals surface area contributed by atoms with Gasteiger partial charge in [0.05, 0.1) is 0 Å². The number of amides is 2. The quantitative estimate of drug-likeness (QED) is 0.840. The Morgan fingerprint density at radius 1 is 0.862 bits per heavy atom. The summed E-state index contributed by atoms with van der Waals surface area (Å²) in [5.41, 5.74) is 3.18. The van der Waals surface area contributed by atoms with E-state index in [1.54, 1.807) is 24.3 Å². The van der Waals surface area contributed by atoms with Crippen molar-refractivity contribution in [2.24, 2.45) is 5.92 Å². The molecular formula is C24H29N3O2. The molecular weight excluding hydrogens is 362 g/mol. The number of rotatable bonds is 4. The molecule has 2 fully saturated rings. The van der Waals surface area contributed by atoms with Gasteiger partial charge in [-0.2, -0.15) is 0 Å². The van der Waals surface area contributed by atoms with Crippen LogP contribution in [0.2, 0.25) is 0 Å². The average molecular weight is 392 g/mol. The molecule has 2 saturated heterocycles. The highest BCUT2D eigenvalue weighted by molar-refractivity contribution is 6.05. The molecule has 2 aliphatic rings. The first-order valence-corrected chi connectivity index (χ1v) is 10.7. The Labute approximate surface area is 172 Å². The summed E-state index contributed by atoms with van der Waals surface area (Å²) in [4.78, 5) is 29.5. The fourth-order valence-corrected chi connectivity index (χ4v) is 4.25. The highest BCUT2D eigenvalue weighted by atomic mass is 16.2. The van der Waals surface area contributed by atoms with Crippen LogP contribution in [-0.4, -0.2) is 42.9 Å². The molecule has 5 heteroatoms. The lowest BCUT2D eigenvalue weighted by Gasteiger charge is -2.31. The summed E-state index contributed by atoms with van der Waals surface area (Å²) in [6.07, 6.45) is 4.73. The van der Waals surface area contributed by atoms with Crippen LogP contribution in [0.1, 0.15) is 53.3 Å². The Morgan fingerprint density at radius 2 is 1.52 bits per heavy atom. The monoisotopic (exact) mass is 391 g/mol. The molecule has 2 aromatic rings. The average Bonchev–Trinajstić information content (AvgIpc) is 3.29. The summed E-state index contributed by atoms with van der Waals surface area (Å²) in [7, 11) is 0. The van der Waals surface area contributed by atoms with Crippen LogP contribution < -0.4 is 10.2 Å². The third-order valence-electron chi connectivity index (χ3n) is 5.93. The number of benzene rings is 2. The van der Waals surface area contributed by atoms with Crippen LogP contribution in [0.25, 0.3) is 0 Å². The predicted octanol–water partition coefficient (Wildman–Crippen LogP) is 4.41. The minimum atomic E-state index is -0.162. The van der Waals surface area contributed by atoms with Crippen LogP contribution >= 0.6 is 0 Å². The number of hydrogen-bond acceptors (Lipinski definition) is 3. The number of hydrogen-bond donors (Lipinski definition) is 1. The molecule has 0 spiro atoms. The molecule has 0 saturated carbocycles. The molecule has 1 N–H and O–H groups in total. The minimum Gasteiger partial charge on any atom is -0.372 e. The fourth-order valence-electron chi connectivity index (χ4n) is 4.25. The van der Waals surface area contributed by atoms with Gasteiger partial charge in [-0.1, -0.05) is 6.92 Å². The zero-order chi connectivity index (χ0) is 20.2. The van der Waals surface area contributed by atoms with E-state index in [4.69, 9.17) is 0 Å². The zero-order valence-corrected chi connectivity index (χ0v) is 17.1. The Balaban J connectivity index is 1.37. The van der Waals surface area contributed by atoms with Crippen LogP contribution in [0.15, 0.2) is 48.5 Å². The maximum Gasteiger partial charge on any atom is 0.255 e. The number of nitrogens with one attached hydrogen (secondary N) is 1. The highest BCUT2D eigenvalue weighted by Gasteiger charge is 2.22. The van der Waals surface area contributed by atoms with E-state index in [0.29, 0.717) is 17.0 Å². The van der Waals surface area contributed by atoms with E-state index in [9.17, 15) is 9.59 Å². The lowest BCUT2D eigenvalue weighted by molar-refractivity contribution is 0.0682. The van der Waals surface area contributed by atoms with Crippen molar-refractivity contribution in [2.45, 2.75) is 32.6 Å². The van der Waals surface area contributed by atoms with Gasteiger partial charge in [-0.25, -0.2) is 0 Å². The van der Waals surface area contributed by atoms with Crippen LogP contribution in [0, 0.1) is 5.92 Å². The van der Waals surface area contributed by atoms with E-state index in [1.807, 2.05) is 17.0 Å². The zero-order valence-electron chi connectivity index (χ0n) is 17.1. The van der Waals surface area contributed by atoms with Crippen molar-refractivity contribution in [3.05, 3.63) is 59.7 Å². The molecule has 1 unspecified atom stereocenters. The fraction of sp³-hybridized carbons (Fsp3) is 0.417. The summed E-state index contributed by atoms with van der Waals surface area (Å²) in [6.45, 7) is 6.03. The molecule has 0 bridgehead atoms. The van der Waals surface area contributed by atoms with Crippen LogP contribution in [0.3, 0.4) is 0 Å². The first-order chi connectivity index (χ1) is 14.1. The van der Waals surface area contributed by atoms with Gasteiger partial charge in [-0.15, -0.1) is 0 Å². The molecule has 29 heavy (non-hydrogen) atoms. The summed E-state index contributed by atoms with van der Waals surface area (Å²) < 4.78 is 0. The molecule has 2 aromatic carbocycles. The van der Waals surface area contributed by atoms with Gasteiger partial charge in [0.1, 0.15) is 0 Å². The molecule has 0 aromatic heterocycles. The molecule has 152 valence electrons. The molecule has 0 aliphatic carbocycles. The van der Waals surface area contributed by atoms with Crippen molar-refractivity contribution in [2.75, 3.05) is 36.4 Å². The Bertz CT molecular complexity index is 855. The third kappa shape index (κ3) is 4.61. The smallest absolute Gasteiger partial charge is 0.255 e. The van der Waals surface area contributed by atoms with Gasteiger partial charge in [0.2, 0.25) is 0 Å². The topological polar surface area (TPSA) is 52.7 Å². The van der Waals surface area contributed by atoms with Crippen molar-refractivity contribution in [1.29, 1.82) is 0 Å². The Morgan fingerprint density at radius 3 is 2.17 bits per heavy atom. The maximum atomic E-state index is 12.7. The number of anilines is 2. The van der Waals surface area contributed by atoms with Gasteiger partial charge >= 0.3 is 0 Å². The van der Waals surface area contributed by atoms with Gasteiger partial charge in [0, 0.05) is 48.7 Å². The SMILES string of the molecule is CC1CCCN(C(=O)c2ccc(C(=O)Nc3ccc(N4CCCC4)cc3)cc2)C1. The Kier molecular flexibility index (Phi) is 5.84. The Hall–Kier alpha value is -2.82. The first-order valence-electron chi connectivity index (χ1n) is 10.7. The highest BCUT2D eigenvalue weighted by Crippen LogP contribution is 2.23. The van der Waals surface area contributed by atoms with E-state index < -0.39 is 0 Å². The lowest BCUT2D eigenvalue weighted by Crippen LogP contribution is -2.39. The molecule has 1 atom stereocenters. The summed E-state index contributed by atoms with van der Waals surface area (Å²) >= 11 is 0. The summed E-state index contributed by atoms with van der Waals surface area (Å²) in [5.74, 6) is 0.445. The van der Waals surface area contributed by atoms with E-state index in [0.717, 1.165) is 38.3 Å². The molecule has 4 rings (SSSR count). The van der Waals surface area contributed by atoms with Gasteiger partial charge in [0.15, 0.2) is 0 Å². The molecule has 2 amide bonds. The number of nitrogens with zero attached hydrogens (tertiary/aromatic N) is 2.